The molecule has 4 heterocycles. The Morgan fingerprint density at radius 2 is 2.06 bits per heavy atom. The maximum absolute atomic E-state index is 13.2. The van der Waals surface area contributed by atoms with Crippen molar-refractivity contribution in [3.8, 4) is 11.1 Å². The molecule has 0 bridgehead atoms. The zero-order valence-corrected chi connectivity index (χ0v) is 19.3. The smallest absolute Gasteiger partial charge is 0.231 e. The van der Waals surface area contributed by atoms with Gasteiger partial charge in [-0.25, -0.2) is 19.3 Å². The minimum absolute atomic E-state index is 0.0314. The number of halogens is 2. The highest BCUT2D eigenvalue weighted by molar-refractivity contribution is 6.36. The fraction of sp³-hybridized carbons (Fsp3) is 0.360. The molecule has 1 N–H and O–H groups in total. The average Bonchev–Trinajstić information content (AvgIpc) is 3.41. The molecule has 1 aromatic carbocycles. The standard InChI is InChI=1S/C25H23ClFN5O2/c1-13-17(10-29-24-23(13)30-12-32(24)22-4-2-3-5-34-22)14-6-15-8-21(28-11-18(15)19(26)7-14)31-25(33)16-9-20(16)27/h6-8,10-12,16,20,22H,2-5,9H2,1H3,(H,28,31,33)/t16-,20+,22?/m1/s1. The summed E-state index contributed by atoms with van der Waals surface area (Å²) in [5.41, 5.74) is 4.45. The SMILES string of the molecule is Cc1c(-c2cc(Cl)c3cnc(NC(=O)[C@@H]4C[C@@H]4F)cc3c2)cnc2c1ncn2C1CCCCO1. The van der Waals surface area contributed by atoms with Gasteiger partial charge in [-0.1, -0.05) is 11.6 Å². The van der Waals surface area contributed by atoms with E-state index in [1.165, 1.54) is 0 Å². The van der Waals surface area contributed by atoms with E-state index in [1.807, 2.05) is 29.8 Å². The van der Waals surface area contributed by atoms with Gasteiger partial charge in [-0.2, -0.15) is 0 Å². The second kappa shape index (κ2) is 8.29. The average molecular weight is 480 g/mol. The first kappa shape index (κ1) is 21.4. The lowest BCUT2D eigenvalue weighted by Gasteiger charge is -2.23. The minimum Gasteiger partial charge on any atom is -0.358 e. The van der Waals surface area contributed by atoms with Crippen LogP contribution in [0.3, 0.4) is 0 Å². The molecule has 0 spiro atoms. The number of ether oxygens (including phenoxy) is 1. The minimum atomic E-state index is -1.06. The Kier molecular flexibility index (Phi) is 5.22. The van der Waals surface area contributed by atoms with Gasteiger partial charge in [0.2, 0.25) is 5.91 Å². The van der Waals surface area contributed by atoms with E-state index in [1.54, 1.807) is 18.6 Å². The van der Waals surface area contributed by atoms with Gasteiger partial charge >= 0.3 is 0 Å². The van der Waals surface area contributed by atoms with Gasteiger partial charge in [0, 0.05) is 30.0 Å². The Hall–Kier alpha value is -3.10. The van der Waals surface area contributed by atoms with Gasteiger partial charge in [-0.05, 0) is 67.3 Å². The van der Waals surface area contributed by atoms with Gasteiger partial charge in [0.25, 0.3) is 0 Å². The van der Waals surface area contributed by atoms with Crippen molar-refractivity contribution in [2.45, 2.75) is 45.0 Å². The molecule has 0 radical (unpaired) electrons. The second-order valence-electron chi connectivity index (χ2n) is 9.04. The molecule has 2 fully saturated rings. The Morgan fingerprint density at radius 1 is 1.21 bits per heavy atom. The van der Waals surface area contributed by atoms with E-state index < -0.39 is 12.1 Å². The van der Waals surface area contributed by atoms with Gasteiger partial charge in [-0.3, -0.25) is 9.36 Å². The Morgan fingerprint density at radius 3 is 2.82 bits per heavy atom. The number of nitrogens with zero attached hydrogens (tertiary/aromatic N) is 4. The lowest BCUT2D eigenvalue weighted by molar-refractivity contribution is -0.117. The maximum Gasteiger partial charge on any atom is 0.231 e. The number of hydrogen-bond acceptors (Lipinski definition) is 5. The molecule has 9 heteroatoms. The molecular formula is C25H23ClFN5O2. The van der Waals surface area contributed by atoms with Crippen molar-refractivity contribution in [1.82, 2.24) is 19.5 Å². The summed E-state index contributed by atoms with van der Waals surface area (Å²) >= 11 is 6.59. The first-order chi connectivity index (χ1) is 16.5. The van der Waals surface area contributed by atoms with Gasteiger partial charge < -0.3 is 10.1 Å². The number of rotatable bonds is 4. The fourth-order valence-corrected chi connectivity index (χ4v) is 4.91. The fourth-order valence-electron chi connectivity index (χ4n) is 4.63. The van der Waals surface area contributed by atoms with E-state index in [4.69, 9.17) is 21.3 Å². The lowest BCUT2D eigenvalue weighted by atomic mass is 9.99. The summed E-state index contributed by atoms with van der Waals surface area (Å²) in [6, 6.07) is 5.64. The third-order valence-electron chi connectivity index (χ3n) is 6.71. The molecule has 4 aromatic rings. The van der Waals surface area contributed by atoms with Crippen LogP contribution in [0.2, 0.25) is 5.02 Å². The van der Waals surface area contributed by atoms with Gasteiger partial charge in [0.1, 0.15) is 23.7 Å². The highest BCUT2D eigenvalue weighted by Gasteiger charge is 2.43. The van der Waals surface area contributed by atoms with Crippen molar-refractivity contribution in [3.63, 3.8) is 0 Å². The van der Waals surface area contributed by atoms with Crippen LogP contribution in [-0.4, -0.2) is 38.2 Å². The van der Waals surface area contributed by atoms with E-state index in [-0.39, 0.29) is 18.6 Å². The molecule has 1 aliphatic heterocycles. The number of aryl methyl sites for hydroxylation is 1. The predicted octanol–water partition coefficient (Wildman–Crippen LogP) is 5.60. The molecule has 7 nitrogen and oxygen atoms in total. The van der Waals surface area contributed by atoms with Crippen molar-refractivity contribution in [2.24, 2.45) is 5.92 Å². The quantitative estimate of drug-likeness (QED) is 0.411. The number of pyridine rings is 2. The van der Waals surface area contributed by atoms with E-state index >= 15 is 0 Å². The number of aromatic nitrogens is 4. The summed E-state index contributed by atoms with van der Waals surface area (Å²) in [7, 11) is 0. The van der Waals surface area contributed by atoms with Crippen molar-refractivity contribution in [2.75, 3.05) is 11.9 Å². The number of nitrogens with one attached hydrogen (secondary N) is 1. The topological polar surface area (TPSA) is 81.9 Å². The number of anilines is 1. The van der Waals surface area contributed by atoms with Crippen LogP contribution in [0.15, 0.2) is 36.9 Å². The van der Waals surface area contributed by atoms with Crippen LogP contribution in [-0.2, 0) is 9.53 Å². The van der Waals surface area contributed by atoms with E-state index in [9.17, 15) is 9.18 Å². The Balaban J connectivity index is 1.37. The van der Waals surface area contributed by atoms with Crippen LogP contribution in [0.25, 0.3) is 33.1 Å². The summed E-state index contributed by atoms with van der Waals surface area (Å²) in [6.45, 7) is 2.78. The molecule has 1 aliphatic carbocycles. The van der Waals surface area contributed by atoms with Crippen LogP contribution < -0.4 is 5.32 Å². The number of imidazole rings is 1. The lowest BCUT2D eigenvalue weighted by Crippen LogP contribution is -2.17. The number of hydrogen-bond donors (Lipinski definition) is 1. The highest BCUT2D eigenvalue weighted by Crippen LogP contribution is 2.37. The first-order valence-corrected chi connectivity index (χ1v) is 11.9. The number of benzene rings is 1. The Labute approximate surface area is 200 Å². The van der Waals surface area contributed by atoms with Gasteiger partial charge in [0.15, 0.2) is 5.65 Å². The molecule has 174 valence electrons. The molecule has 1 saturated carbocycles. The van der Waals surface area contributed by atoms with Gasteiger partial charge in [-0.15, -0.1) is 0 Å². The summed E-state index contributed by atoms with van der Waals surface area (Å²) < 4.78 is 21.1. The zero-order chi connectivity index (χ0) is 23.4. The van der Waals surface area contributed by atoms with E-state index in [0.717, 1.165) is 64.5 Å². The summed E-state index contributed by atoms with van der Waals surface area (Å²) in [5, 5.41) is 4.84. The van der Waals surface area contributed by atoms with Crippen LogP contribution in [0.1, 0.15) is 37.5 Å². The van der Waals surface area contributed by atoms with Crippen LogP contribution in [0.4, 0.5) is 10.2 Å². The van der Waals surface area contributed by atoms with E-state index in [2.05, 4.69) is 15.3 Å². The number of alkyl halides is 1. The predicted molar refractivity (Wildman–Crippen MR) is 128 cm³/mol. The molecule has 1 amide bonds. The summed E-state index contributed by atoms with van der Waals surface area (Å²) in [6.07, 6.45) is 7.62. The third kappa shape index (κ3) is 3.71. The van der Waals surface area contributed by atoms with Crippen molar-refractivity contribution < 1.29 is 13.9 Å². The monoisotopic (exact) mass is 479 g/mol. The first-order valence-electron chi connectivity index (χ1n) is 11.5. The Bertz CT molecular complexity index is 1430. The molecule has 34 heavy (non-hydrogen) atoms. The van der Waals surface area contributed by atoms with Gasteiger partial charge in [0.05, 0.1) is 17.3 Å². The molecule has 1 saturated heterocycles. The molecular weight excluding hydrogens is 457 g/mol. The number of carbonyl (C=O) groups is 1. The molecule has 3 atom stereocenters. The van der Waals surface area contributed by atoms with Crippen LogP contribution >= 0.6 is 11.6 Å². The number of fused-ring (bicyclic) bond motifs is 2. The third-order valence-corrected chi connectivity index (χ3v) is 7.02. The number of amides is 1. The summed E-state index contributed by atoms with van der Waals surface area (Å²) in [4.78, 5) is 25.8. The normalized spacial score (nSPS) is 22.3. The van der Waals surface area contributed by atoms with Crippen molar-refractivity contribution >= 4 is 45.3 Å². The maximum atomic E-state index is 13.2. The van der Waals surface area contributed by atoms with Crippen molar-refractivity contribution in [1.29, 1.82) is 0 Å². The largest absolute Gasteiger partial charge is 0.358 e. The molecule has 6 rings (SSSR count). The highest BCUT2D eigenvalue weighted by atomic mass is 35.5. The van der Waals surface area contributed by atoms with Crippen molar-refractivity contribution in [3.05, 3.63) is 47.5 Å². The molecule has 2 aliphatic rings. The molecule has 1 unspecified atom stereocenters. The van der Waals surface area contributed by atoms with E-state index in [0.29, 0.717) is 10.8 Å². The van der Waals surface area contributed by atoms with Crippen LogP contribution in [0.5, 0.6) is 0 Å². The van der Waals surface area contributed by atoms with Crippen LogP contribution in [0, 0.1) is 12.8 Å². The second-order valence-corrected chi connectivity index (χ2v) is 9.45. The molecule has 3 aromatic heterocycles. The number of carbonyl (C=O) groups excluding carboxylic acids is 1. The zero-order valence-electron chi connectivity index (χ0n) is 18.6. The summed E-state index contributed by atoms with van der Waals surface area (Å²) in [5.74, 6) is -0.544.